The molecule has 0 spiro atoms. The van der Waals surface area contributed by atoms with Gasteiger partial charge < -0.3 is 14.9 Å². The Hall–Kier alpha value is -0.740. The van der Waals surface area contributed by atoms with Gasteiger partial charge in [0.05, 0.1) is 18.3 Å². The average molecular weight is 288 g/mol. The van der Waals surface area contributed by atoms with Crippen LogP contribution < -0.4 is 0 Å². The van der Waals surface area contributed by atoms with Crippen LogP contribution in [0.25, 0.3) is 0 Å². The van der Waals surface area contributed by atoms with Crippen molar-refractivity contribution in [3.8, 4) is 0 Å². The van der Waals surface area contributed by atoms with Gasteiger partial charge in [-0.15, -0.1) is 0 Å². The van der Waals surface area contributed by atoms with E-state index in [9.17, 15) is 5.11 Å². The minimum absolute atomic E-state index is 0.00347. The summed E-state index contributed by atoms with van der Waals surface area (Å²) >= 11 is 0. The number of epoxide rings is 1. The maximum absolute atomic E-state index is 9.18. The van der Waals surface area contributed by atoms with Gasteiger partial charge in [-0.25, -0.2) is 0 Å². The SMILES string of the molecule is C1CCC2OC2C1.CC1CCCCC1O.CO.O=C=O. The third-order valence-corrected chi connectivity index (χ3v) is 3.98. The number of rotatable bonds is 0. The first-order valence-corrected chi connectivity index (χ1v) is 7.46. The topological polar surface area (TPSA) is 87.1 Å². The van der Waals surface area contributed by atoms with Gasteiger partial charge in [0.1, 0.15) is 0 Å². The number of carbonyl (C=O) groups excluding carboxylic acids is 2. The fourth-order valence-corrected chi connectivity index (χ4v) is 2.67. The second-order valence-corrected chi connectivity index (χ2v) is 5.41. The summed E-state index contributed by atoms with van der Waals surface area (Å²) in [7, 11) is 1.00. The molecule has 1 heterocycles. The molecule has 20 heavy (non-hydrogen) atoms. The summed E-state index contributed by atoms with van der Waals surface area (Å²) in [6.45, 7) is 2.13. The van der Waals surface area contributed by atoms with E-state index >= 15 is 0 Å². The third kappa shape index (κ3) is 8.43. The van der Waals surface area contributed by atoms with E-state index in [0.717, 1.165) is 13.5 Å². The molecule has 0 amide bonds. The highest BCUT2D eigenvalue weighted by atomic mass is 16.6. The molecular weight excluding hydrogens is 260 g/mol. The molecule has 0 bridgehead atoms. The molecule has 1 aliphatic heterocycles. The van der Waals surface area contributed by atoms with E-state index in [-0.39, 0.29) is 12.3 Å². The minimum atomic E-state index is 0.00347. The minimum Gasteiger partial charge on any atom is -0.400 e. The van der Waals surface area contributed by atoms with E-state index < -0.39 is 0 Å². The molecule has 0 radical (unpaired) electrons. The zero-order valence-corrected chi connectivity index (χ0v) is 12.6. The standard InChI is InChI=1S/C7H14O.C6H10O.CO2.CH4O/c1-6-4-2-3-5-7(6)8;1-2-4-6-5(3-1)7-6;2-1-3;1-2/h6-8H,2-5H2,1H3;5-6H,1-4H2;;2H,1H3. The van der Waals surface area contributed by atoms with Crippen LogP contribution in [0.5, 0.6) is 0 Å². The maximum atomic E-state index is 9.18. The van der Waals surface area contributed by atoms with Gasteiger partial charge in [-0.1, -0.05) is 32.6 Å². The first-order valence-electron chi connectivity index (χ1n) is 7.46. The summed E-state index contributed by atoms with van der Waals surface area (Å²) in [6.07, 6.45) is 11.9. The van der Waals surface area contributed by atoms with Crippen molar-refractivity contribution in [3.05, 3.63) is 0 Å². The predicted octanol–water partition coefficient (Wildman–Crippen LogP) is 1.91. The summed E-state index contributed by atoms with van der Waals surface area (Å²) < 4.78 is 5.28. The lowest BCUT2D eigenvalue weighted by Crippen LogP contribution is -2.21. The van der Waals surface area contributed by atoms with E-state index in [1.165, 1.54) is 44.9 Å². The van der Waals surface area contributed by atoms with Crippen LogP contribution in [0.2, 0.25) is 0 Å². The lowest BCUT2D eigenvalue weighted by molar-refractivity contribution is -0.191. The van der Waals surface area contributed by atoms with Crippen LogP contribution in [-0.4, -0.2) is 41.8 Å². The third-order valence-electron chi connectivity index (χ3n) is 3.98. The van der Waals surface area contributed by atoms with Crippen molar-refractivity contribution in [2.45, 2.75) is 76.6 Å². The van der Waals surface area contributed by atoms with Crippen molar-refractivity contribution < 1.29 is 24.5 Å². The second-order valence-electron chi connectivity index (χ2n) is 5.41. The van der Waals surface area contributed by atoms with Gasteiger partial charge in [0.25, 0.3) is 0 Å². The molecule has 3 fully saturated rings. The second kappa shape index (κ2) is 12.0. The lowest BCUT2D eigenvalue weighted by atomic mass is 9.88. The highest BCUT2D eigenvalue weighted by molar-refractivity contribution is 5.20. The van der Waals surface area contributed by atoms with E-state index in [0.29, 0.717) is 18.1 Å². The van der Waals surface area contributed by atoms with Crippen molar-refractivity contribution in [3.63, 3.8) is 0 Å². The van der Waals surface area contributed by atoms with E-state index in [1.807, 2.05) is 0 Å². The van der Waals surface area contributed by atoms with E-state index in [4.69, 9.17) is 19.4 Å². The number of hydrogen-bond acceptors (Lipinski definition) is 5. The number of aliphatic hydroxyl groups is 2. The molecule has 0 aromatic carbocycles. The molecule has 3 rings (SSSR count). The Bertz CT molecular complexity index is 243. The Kier molecular flexibility index (Phi) is 11.6. The molecule has 2 saturated carbocycles. The quantitative estimate of drug-likeness (QED) is 0.665. The molecule has 118 valence electrons. The monoisotopic (exact) mass is 288 g/mol. The predicted molar refractivity (Wildman–Crippen MR) is 73.9 cm³/mol. The normalized spacial score (nSPS) is 33.4. The largest absolute Gasteiger partial charge is 0.400 e. The molecule has 2 aliphatic carbocycles. The molecule has 2 N–H and O–H groups in total. The lowest BCUT2D eigenvalue weighted by Gasteiger charge is -2.23. The van der Waals surface area contributed by atoms with Crippen LogP contribution in [0.15, 0.2) is 0 Å². The first kappa shape index (κ1) is 19.3. The van der Waals surface area contributed by atoms with Crippen LogP contribution in [-0.2, 0) is 14.3 Å². The first-order chi connectivity index (χ1) is 9.69. The van der Waals surface area contributed by atoms with Crippen molar-refractivity contribution in [1.82, 2.24) is 0 Å². The summed E-state index contributed by atoms with van der Waals surface area (Å²) in [5, 5.41) is 16.2. The van der Waals surface area contributed by atoms with E-state index in [1.54, 1.807) is 0 Å². The van der Waals surface area contributed by atoms with Crippen molar-refractivity contribution in [2.75, 3.05) is 7.11 Å². The van der Waals surface area contributed by atoms with Gasteiger partial charge in [0.15, 0.2) is 0 Å². The molecule has 4 atom stereocenters. The van der Waals surface area contributed by atoms with Gasteiger partial charge >= 0.3 is 6.15 Å². The Morgan fingerprint density at radius 1 is 0.900 bits per heavy atom. The Balaban J connectivity index is 0.000000276. The number of hydrogen-bond donors (Lipinski definition) is 2. The zero-order chi connectivity index (χ0) is 15.4. The van der Waals surface area contributed by atoms with Crippen LogP contribution in [0, 0.1) is 5.92 Å². The number of fused-ring (bicyclic) bond motifs is 1. The average Bonchev–Trinajstić information content (AvgIpc) is 3.25. The van der Waals surface area contributed by atoms with Gasteiger partial charge in [-0.2, -0.15) is 9.59 Å². The molecule has 5 nitrogen and oxygen atoms in total. The molecule has 4 unspecified atom stereocenters. The molecule has 0 aromatic heterocycles. The summed E-state index contributed by atoms with van der Waals surface area (Å²) in [5.41, 5.74) is 0. The molecule has 0 aromatic rings. The molecule has 1 saturated heterocycles. The van der Waals surface area contributed by atoms with Crippen molar-refractivity contribution in [1.29, 1.82) is 0 Å². The number of aliphatic hydroxyl groups excluding tert-OH is 2. The summed E-state index contributed by atoms with van der Waals surface area (Å²) in [6, 6.07) is 0. The van der Waals surface area contributed by atoms with Crippen molar-refractivity contribution >= 4 is 6.15 Å². The highest BCUT2D eigenvalue weighted by Crippen LogP contribution is 2.35. The fourth-order valence-electron chi connectivity index (χ4n) is 2.67. The Labute approximate surface area is 121 Å². The van der Waals surface area contributed by atoms with Crippen LogP contribution in [0.4, 0.5) is 0 Å². The summed E-state index contributed by atoms with van der Waals surface area (Å²) in [5.74, 6) is 0.559. The Morgan fingerprint density at radius 3 is 1.60 bits per heavy atom. The van der Waals surface area contributed by atoms with Crippen LogP contribution in [0.3, 0.4) is 0 Å². The van der Waals surface area contributed by atoms with Gasteiger partial charge in [-0.3, -0.25) is 0 Å². The van der Waals surface area contributed by atoms with Crippen LogP contribution in [0.1, 0.15) is 58.3 Å². The van der Waals surface area contributed by atoms with Gasteiger partial charge in [0, 0.05) is 7.11 Å². The fraction of sp³-hybridized carbons (Fsp3) is 0.933. The molecule has 5 heteroatoms. The number of ether oxygens (including phenoxy) is 1. The summed E-state index contributed by atoms with van der Waals surface area (Å²) in [4.78, 5) is 16.2. The van der Waals surface area contributed by atoms with Crippen molar-refractivity contribution in [2.24, 2.45) is 5.92 Å². The Morgan fingerprint density at radius 2 is 1.30 bits per heavy atom. The smallest absolute Gasteiger partial charge is 0.373 e. The highest BCUT2D eigenvalue weighted by Gasteiger charge is 2.39. The zero-order valence-electron chi connectivity index (χ0n) is 12.6. The van der Waals surface area contributed by atoms with Gasteiger partial charge in [0.2, 0.25) is 0 Å². The van der Waals surface area contributed by atoms with E-state index in [2.05, 4.69) is 6.92 Å². The maximum Gasteiger partial charge on any atom is 0.373 e. The molecular formula is C15H28O5. The van der Waals surface area contributed by atoms with Crippen LogP contribution >= 0.6 is 0 Å². The molecule has 3 aliphatic rings. The van der Waals surface area contributed by atoms with Gasteiger partial charge in [-0.05, 0) is 31.6 Å².